The van der Waals surface area contributed by atoms with Crippen molar-refractivity contribution in [2.24, 2.45) is 0 Å². The molecule has 0 bridgehead atoms. The first-order valence-electron chi connectivity index (χ1n) is 12.2. The number of pyridine rings is 1. The molecule has 36 heavy (non-hydrogen) atoms. The predicted octanol–water partition coefficient (Wildman–Crippen LogP) is 3.05. The number of anilines is 2. The third-order valence-corrected chi connectivity index (χ3v) is 6.29. The Hall–Kier alpha value is -3.85. The second kappa shape index (κ2) is 10.8. The maximum atomic E-state index is 12.5. The maximum Gasteiger partial charge on any atom is 0.224 e. The molecular weight excluding hydrogens is 460 g/mol. The van der Waals surface area contributed by atoms with Gasteiger partial charge in [0.05, 0.1) is 25.3 Å². The molecule has 9 heteroatoms. The number of carbonyl (C=O) groups excluding carboxylic acids is 2. The molecular formula is C27H30N4O5. The van der Waals surface area contributed by atoms with Crippen LogP contribution in [-0.2, 0) is 14.3 Å². The molecule has 1 atom stereocenters. The summed E-state index contributed by atoms with van der Waals surface area (Å²) in [5.74, 6) is 1.89. The van der Waals surface area contributed by atoms with E-state index in [-0.39, 0.29) is 30.8 Å². The second-order valence-corrected chi connectivity index (χ2v) is 8.98. The molecule has 1 unspecified atom stereocenters. The maximum absolute atomic E-state index is 12.5. The highest BCUT2D eigenvalue weighted by atomic mass is 16.6. The Morgan fingerprint density at radius 2 is 1.81 bits per heavy atom. The summed E-state index contributed by atoms with van der Waals surface area (Å²) < 4.78 is 16.9. The molecule has 0 spiro atoms. The van der Waals surface area contributed by atoms with Gasteiger partial charge in [-0.05, 0) is 48.9 Å². The normalized spacial score (nSPS) is 17.0. The molecule has 1 aromatic heterocycles. The summed E-state index contributed by atoms with van der Waals surface area (Å²) in [5.41, 5.74) is 2.65. The third kappa shape index (κ3) is 5.68. The lowest BCUT2D eigenvalue weighted by Gasteiger charge is -2.28. The van der Waals surface area contributed by atoms with Crippen LogP contribution in [0.2, 0.25) is 0 Å². The van der Waals surface area contributed by atoms with Gasteiger partial charge in [-0.1, -0.05) is 12.1 Å². The lowest BCUT2D eigenvalue weighted by Crippen LogP contribution is -2.40. The summed E-state index contributed by atoms with van der Waals surface area (Å²) in [5, 5.41) is 6.70. The zero-order chi connectivity index (χ0) is 24.9. The van der Waals surface area contributed by atoms with Crippen LogP contribution in [0.15, 0.2) is 48.5 Å². The Kier molecular flexibility index (Phi) is 7.18. The van der Waals surface area contributed by atoms with E-state index in [2.05, 4.69) is 21.6 Å². The standard InChI is InChI=1S/C27H30N4O5/c1-18-14-25(31-10-12-34-13-11-31)30-22-7-6-19(15-21(18)22)29-27(33)9-8-26(32)28-16-20-17-35-23-4-2-3-5-24(23)36-20/h2-7,14-15,20H,8-13,16-17H2,1H3,(H,28,32)(H,29,33). The SMILES string of the molecule is Cc1cc(N2CCOCC2)nc2ccc(NC(=O)CCC(=O)NCC3COc4ccccc4O3)cc12. The van der Waals surface area contributed by atoms with Crippen molar-refractivity contribution in [2.75, 3.05) is 49.7 Å². The molecule has 2 N–H and O–H groups in total. The van der Waals surface area contributed by atoms with Crippen molar-refractivity contribution < 1.29 is 23.8 Å². The lowest BCUT2D eigenvalue weighted by molar-refractivity contribution is -0.124. The topological polar surface area (TPSA) is 102 Å². The van der Waals surface area contributed by atoms with Crippen LogP contribution in [0.5, 0.6) is 11.5 Å². The summed E-state index contributed by atoms with van der Waals surface area (Å²) in [6, 6.07) is 15.2. The minimum Gasteiger partial charge on any atom is -0.486 e. The van der Waals surface area contributed by atoms with Gasteiger partial charge < -0.3 is 29.7 Å². The van der Waals surface area contributed by atoms with Crippen LogP contribution in [0.25, 0.3) is 10.9 Å². The molecule has 0 saturated carbocycles. The average molecular weight is 491 g/mol. The molecule has 3 aromatic rings. The smallest absolute Gasteiger partial charge is 0.224 e. The fourth-order valence-electron chi connectivity index (χ4n) is 4.34. The molecule has 0 radical (unpaired) electrons. The Morgan fingerprint density at radius 3 is 2.64 bits per heavy atom. The van der Waals surface area contributed by atoms with E-state index in [0.29, 0.717) is 43.6 Å². The Balaban J connectivity index is 1.10. The highest BCUT2D eigenvalue weighted by molar-refractivity contribution is 5.96. The first-order valence-corrected chi connectivity index (χ1v) is 12.2. The Labute approximate surface area is 209 Å². The molecule has 2 aliphatic heterocycles. The first kappa shape index (κ1) is 23.9. The van der Waals surface area contributed by atoms with E-state index in [0.717, 1.165) is 35.4 Å². The molecule has 1 saturated heterocycles. The number of para-hydroxylation sites is 2. The van der Waals surface area contributed by atoms with E-state index in [9.17, 15) is 9.59 Å². The zero-order valence-electron chi connectivity index (χ0n) is 20.3. The number of hydrogen-bond acceptors (Lipinski definition) is 7. The number of aromatic nitrogens is 1. The molecule has 188 valence electrons. The minimum absolute atomic E-state index is 0.0852. The fourth-order valence-corrected chi connectivity index (χ4v) is 4.34. The van der Waals surface area contributed by atoms with Crippen molar-refractivity contribution in [3.05, 3.63) is 54.1 Å². The number of amides is 2. The van der Waals surface area contributed by atoms with Crippen LogP contribution in [0.4, 0.5) is 11.5 Å². The van der Waals surface area contributed by atoms with Gasteiger partial charge >= 0.3 is 0 Å². The molecule has 0 aliphatic carbocycles. The molecule has 2 amide bonds. The van der Waals surface area contributed by atoms with Crippen molar-refractivity contribution in [1.82, 2.24) is 10.3 Å². The first-order chi connectivity index (χ1) is 17.5. The predicted molar refractivity (Wildman–Crippen MR) is 137 cm³/mol. The van der Waals surface area contributed by atoms with E-state index in [4.69, 9.17) is 19.2 Å². The molecule has 1 fully saturated rings. The van der Waals surface area contributed by atoms with E-state index >= 15 is 0 Å². The van der Waals surface area contributed by atoms with Crippen LogP contribution in [0.1, 0.15) is 18.4 Å². The van der Waals surface area contributed by atoms with Crippen LogP contribution >= 0.6 is 0 Å². The number of morpholine rings is 1. The van der Waals surface area contributed by atoms with Gasteiger partial charge in [-0.15, -0.1) is 0 Å². The molecule has 9 nitrogen and oxygen atoms in total. The van der Waals surface area contributed by atoms with Crippen LogP contribution in [0.3, 0.4) is 0 Å². The summed E-state index contributed by atoms with van der Waals surface area (Å²) in [4.78, 5) is 31.8. The number of hydrogen-bond donors (Lipinski definition) is 2. The van der Waals surface area contributed by atoms with Gasteiger partial charge in [0.25, 0.3) is 0 Å². The summed E-state index contributed by atoms with van der Waals surface area (Å²) >= 11 is 0. The monoisotopic (exact) mass is 490 g/mol. The quantitative estimate of drug-likeness (QED) is 0.525. The van der Waals surface area contributed by atoms with E-state index in [1.165, 1.54) is 0 Å². The van der Waals surface area contributed by atoms with Gasteiger partial charge in [0, 0.05) is 37.0 Å². The average Bonchev–Trinajstić information content (AvgIpc) is 2.91. The van der Waals surface area contributed by atoms with Crippen LogP contribution < -0.4 is 25.0 Å². The number of nitrogens with one attached hydrogen (secondary N) is 2. The van der Waals surface area contributed by atoms with E-state index in [1.807, 2.05) is 49.4 Å². The fraction of sp³-hybridized carbons (Fsp3) is 0.370. The summed E-state index contributed by atoms with van der Waals surface area (Å²) in [7, 11) is 0. The number of rotatable bonds is 7. The number of carbonyl (C=O) groups is 2. The van der Waals surface area contributed by atoms with E-state index in [1.54, 1.807) is 0 Å². The van der Waals surface area contributed by atoms with Gasteiger partial charge in [-0.2, -0.15) is 0 Å². The zero-order valence-corrected chi connectivity index (χ0v) is 20.3. The highest BCUT2D eigenvalue weighted by Gasteiger charge is 2.21. The Bertz CT molecular complexity index is 1260. The van der Waals surface area contributed by atoms with E-state index < -0.39 is 0 Å². The molecule has 3 heterocycles. The largest absolute Gasteiger partial charge is 0.486 e. The molecule has 2 aliphatic rings. The van der Waals surface area contributed by atoms with Gasteiger partial charge in [0.1, 0.15) is 18.5 Å². The van der Waals surface area contributed by atoms with Gasteiger partial charge in [-0.3, -0.25) is 9.59 Å². The van der Waals surface area contributed by atoms with Crippen molar-refractivity contribution >= 4 is 34.2 Å². The number of ether oxygens (including phenoxy) is 3. The van der Waals surface area contributed by atoms with Crippen LogP contribution in [-0.4, -0.2) is 62.4 Å². The summed E-state index contributed by atoms with van der Waals surface area (Å²) in [6.45, 7) is 5.80. The third-order valence-electron chi connectivity index (χ3n) is 6.29. The van der Waals surface area contributed by atoms with Gasteiger partial charge in [0.15, 0.2) is 11.5 Å². The van der Waals surface area contributed by atoms with Crippen molar-refractivity contribution in [3.63, 3.8) is 0 Å². The number of aryl methyl sites for hydroxylation is 1. The minimum atomic E-state index is -0.268. The molecule has 2 aromatic carbocycles. The number of fused-ring (bicyclic) bond motifs is 2. The second-order valence-electron chi connectivity index (χ2n) is 8.98. The number of benzene rings is 2. The van der Waals surface area contributed by atoms with Crippen molar-refractivity contribution in [1.29, 1.82) is 0 Å². The van der Waals surface area contributed by atoms with Gasteiger partial charge in [0.2, 0.25) is 11.8 Å². The van der Waals surface area contributed by atoms with Crippen LogP contribution in [0, 0.1) is 6.92 Å². The number of nitrogens with zero attached hydrogens (tertiary/aromatic N) is 2. The van der Waals surface area contributed by atoms with Gasteiger partial charge in [-0.25, -0.2) is 4.98 Å². The molecule has 5 rings (SSSR count). The highest BCUT2D eigenvalue weighted by Crippen LogP contribution is 2.30. The van der Waals surface area contributed by atoms with Crippen molar-refractivity contribution in [2.45, 2.75) is 25.9 Å². The lowest BCUT2D eigenvalue weighted by atomic mass is 10.1. The van der Waals surface area contributed by atoms with Crippen molar-refractivity contribution in [3.8, 4) is 11.5 Å². The Morgan fingerprint density at radius 1 is 1.03 bits per heavy atom. The summed E-state index contributed by atoms with van der Waals surface area (Å²) in [6.07, 6.45) is -0.0921.